The maximum atomic E-state index is 12.5. The Bertz CT molecular complexity index is 1380. The largest absolute Gasteiger partial charge is 0.483 e. The van der Waals surface area contributed by atoms with E-state index < -0.39 is 108 Å². The Morgan fingerprint density at radius 3 is 2.38 bits per heavy atom. The van der Waals surface area contributed by atoms with E-state index in [2.05, 4.69) is 23.4 Å². The van der Waals surface area contributed by atoms with Crippen LogP contribution in [-0.4, -0.2) is 119 Å². The van der Waals surface area contributed by atoms with Gasteiger partial charge in [-0.25, -0.2) is 13.9 Å². The fourth-order valence-corrected chi connectivity index (χ4v) is 6.01. The SMILES string of the molecule is [N-]=[N+]=NCC(=O)NC1C(O)[C@@H](O)C(CO)O[C@@H]1OP(=O)(O)OP(=O)(O)OC[C@H]1O[C@@H](n2ccc(=O)[nH]c2=O)C(O)C1O. The van der Waals surface area contributed by atoms with Gasteiger partial charge in [0.2, 0.25) is 5.91 Å². The molecule has 0 radical (unpaired) electrons. The van der Waals surface area contributed by atoms with Gasteiger partial charge in [0.15, 0.2) is 12.5 Å². The smallest absolute Gasteiger partial charge is 0.394 e. The zero-order valence-electron chi connectivity index (χ0n) is 20.9. The minimum absolute atomic E-state index is 0.705. The fourth-order valence-electron chi connectivity index (χ4n) is 3.85. The molecule has 2 aliphatic heterocycles. The molecule has 2 aliphatic rings. The van der Waals surface area contributed by atoms with E-state index in [4.69, 9.17) is 15.0 Å². The second-order valence-corrected chi connectivity index (χ2v) is 11.7. The van der Waals surface area contributed by atoms with Crippen LogP contribution in [0.1, 0.15) is 6.23 Å². The lowest BCUT2D eigenvalue weighted by atomic mass is 9.97. The molecule has 25 heteroatoms. The predicted molar refractivity (Wildman–Crippen MR) is 129 cm³/mol. The van der Waals surface area contributed by atoms with Crippen molar-refractivity contribution in [1.29, 1.82) is 0 Å². The van der Waals surface area contributed by atoms with E-state index in [9.17, 15) is 58.8 Å². The molecular weight excluding hydrogens is 622 g/mol. The van der Waals surface area contributed by atoms with Gasteiger partial charge in [-0.1, -0.05) is 5.11 Å². The third kappa shape index (κ3) is 8.29. The van der Waals surface area contributed by atoms with Gasteiger partial charge in [0.05, 0.1) is 13.2 Å². The van der Waals surface area contributed by atoms with Crippen LogP contribution in [0.15, 0.2) is 27.0 Å². The van der Waals surface area contributed by atoms with Gasteiger partial charge in [0.1, 0.15) is 49.2 Å². The van der Waals surface area contributed by atoms with Gasteiger partial charge in [-0.05, 0) is 5.53 Å². The number of aromatic nitrogens is 2. The Morgan fingerprint density at radius 2 is 1.76 bits per heavy atom. The minimum Gasteiger partial charge on any atom is -0.394 e. The van der Waals surface area contributed by atoms with E-state index in [0.29, 0.717) is 4.57 Å². The van der Waals surface area contributed by atoms with E-state index in [1.165, 1.54) is 0 Å². The quantitative estimate of drug-likeness (QED) is 0.0447. The molecule has 236 valence electrons. The molecule has 1 aromatic heterocycles. The summed E-state index contributed by atoms with van der Waals surface area (Å²) in [5.41, 5.74) is 6.54. The van der Waals surface area contributed by atoms with Crippen molar-refractivity contribution in [2.24, 2.45) is 5.11 Å². The van der Waals surface area contributed by atoms with Crippen LogP contribution in [0, 0.1) is 0 Å². The number of carbonyl (C=O) groups excluding carboxylic acids is 1. The highest BCUT2D eigenvalue weighted by molar-refractivity contribution is 7.61. The molecule has 7 unspecified atom stereocenters. The average Bonchev–Trinajstić information content (AvgIpc) is 3.18. The van der Waals surface area contributed by atoms with Crippen LogP contribution in [-0.2, 0) is 36.8 Å². The number of nitrogens with zero attached hydrogens (tertiary/aromatic N) is 4. The maximum Gasteiger partial charge on any atom is 0.483 e. The lowest BCUT2D eigenvalue weighted by molar-refractivity contribution is -0.247. The van der Waals surface area contributed by atoms with Crippen molar-refractivity contribution in [3.63, 3.8) is 0 Å². The van der Waals surface area contributed by atoms with Gasteiger partial charge in [0.25, 0.3) is 5.56 Å². The van der Waals surface area contributed by atoms with Crippen molar-refractivity contribution in [2.45, 2.75) is 55.2 Å². The summed E-state index contributed by atoms with van der Waals surface area (Å²) in [6, 6.07) is -0.958. The van der Waals surface area contributed by atoms with E-state index in [1.54, 1.807) is 0 Å². The van der Waals surface area contributed by atoms with Gasteiger partial charge < -0.3 is 50.1 Å². The van der Waals surface area contributed by atoms with Gasteiger partial charge >= 0.3 is 21.3 Å². The first-order valence-corrected chi connectivity index (χ1v) is 14.5. The standard InChI is InChI=1S/C17H26N6O17P2/c18-22-19-3-9(26)20-10-13(29)11(27)6(4-24)38-16(10)39-42(34,35)40-41(32,33)36-5-7-12(28)14(30)15(37-7)23-2-1-8(25)21-17(23)31/h1-2,6-7,10-16,24,27-30H,3-5H2,(H,20,26)(H,32,33)(H,34,35)(H,21,25,31)/t6?,7-,10?,11+,12?,13?,14?,15-,16-/m1/s1. The molecule has 1 amide bonds. The Hall–Kier alpha value is -2.56. The van der Waals surface area contributed by atoms with Crippen LogP contribution in [0.2, 0.25) is 0 Å². The van der Waals surface area contributed by atoms with Crippen molar-refractivity contribution >= 4 is 21.6 Å². The molecule has 23 nitrogen and oxygen atoms in total. The number of aliphatic hydroxyl groups excluding tert-OH is 5. The molecule has 2 fully saturated rings. The number of nitrogens with one attached hydrogen (secondary N) is 2. The molecule has 0 bridgehead atoms. The van der Waals surface area contributed by atoms with Gasteiger partial charge in [-0.3, -0.25) is 28.2 Å². The molecule has 0 aliphatic carbocycles. The van der Waals surface area contributed by atoms with Gasteiger partial charge in [-0.2, -0.15) is 4.31 Å². The Kier molecular flexibility index (Phi) is 11.2. The van der Waals surface area contributed by atoms with Crippen LogP contribution in [0.5, 0.6) is 0 Å². The first-order chi connectivity index (χ1) is 19.6. The number of carbonyl (C=O) groups is 1. The number of H-pyrrole nitrogens is 1. The lowest BCUT2D eigenvalue weighted by Gasteiger charge is -2.42. The number of phosphoric ester groups is 2. The zero-order chi connectivity index (χ0) is 31.4. The summed E-state index contributed by atoms with van der Waals surface area (Å²) in [4.78, 5) is 59.4. The van der Waals surface area contributed by atoms with Crippen LogP contribution < -0.4 is 16.6 Å². The highest BCUT2D eigenvalue weighted by Gasteiger charge is 2.50. The number of aliphatic hydroxyl groups is 5. The zero-order valence-corrected chi connectivity index (χ0v) is 22.7. The number of rotatable bonds is 12. The molecule has 1 aromatic rings. The molecule has 0 spiro atoms. The molecule has 2 saturated heterocycles. The Labute approximate surface area is 232 Å². The number of azide groups is 1. The summed E-state index contributed by atoms with van der Waals surface area (Å²) in [7, 11) is -11.3. The molecule has 42 heavy (non-hydrogen) atoms. The number of aromatic amines is 1. The number of hydrogen-bond donors (Lipinski definition) is 9. The normalized spacial score (nSPS) is 34.1. The first-order valence-electron chi connectivity index (χ1n) is 11.5. The average molecular weight is 648 g/mol. The summed E-state index contributed by atoms with van der Waals surface area (Å²) in [6.07, 6.45) is -13.6. The lowest BCUT2D eigenvalue weighted by Crippen LogP contribution is -2.64. The van der Waals surface area contributed by atoms with Crippen LogP contribution in [0.4, 0.5) is 0 Å². The van der Waals surface area contributed by atoms with E-state index >= 15 is 0 Å². The molecular formula is C17H26N6O17P2. The molecule has 3 rings (SSSR count). The maximum absolute atomic E-state index is 12.5. The molecule has 3 heterocycles. The Morgan fingerprint density at radius 1 is 1.10 bits per heavy atom. The Balaban J connectivity index is 1.67. The monoisotopic (exact) mass is 648 g/mol. The van der Waals surface area contributed by atoms with Gasteiger partial charge in [-0.15, -0.1) is 0 Å². The van der Waals surface area contributed by atoms with Crippen molar-refractivity contribution < 1.29 is 72.1 Å². The molecule has 0 saturated carbocycles. The summed E-state index contributed by atoms with van der Waals surface area (Å²) < 4.78 is 49.3. The van der Waals surface area contributed by atoms with Gasteiger partial charge in [0, 0.05) is 17.2 Å². The van der Waals surface area contributed by atoms with Crippen molar-refractivity contribution in [1.82, 2.24) is 14.9 Å². The fraction of sp³-hybridized carbons (Fsp3) is 0.706. The predicted octanol–water partition coefficient (Wildman–Crippen LogP) is -4.36. The summed E-state index contributed by atoms with van der Waals surface area (Å²) >= 11 is 0. The topological polar surface area (TPSA) is 355 Å². The number of phosphoric acid groups is 2. The summed E-state index contributed by atoms with van der Waals surface area (Å²) in [5, 5.41) is 55.1. The minimum atomic E-state index is -5.73. The third-order valence-electron chi connectivity index (χ3n) is 5.79. The van der Waals surface area contributed by atoms with Crippen LogP contribution in [0.25, 0.3) is 10.4 Å². The van der Waals surface area contributed by atoms with E-state index in [1.807, 2.05) is 10.3 Å². The van der Waals surface area contributed by atoms with E-state index in [0.717, 1.165) is 12.3 Å². The highest BCUT2D eigenvalue weighted by atomic mass is 31.3. The first kappa shape index (κ1) is 33.9. The number of hydrogen-bond acceptors (Lipinski definition) is 16. The highest BCUT2D eigenvalue weighted by Crippen LogP contribution is 2.61. The molecule has 9 N–H and O–H groups in total. The third-order valence-corrected chi connectivity index (χ3v) is 8.39. The van der Waals surface area contributed by atoms with E-state index in [-0.39, 0.29) is 0 Å². The summed E-state index contributed by atoms with van der Waals surface area (Å²) in [5.74, 6) is -1.08. The van der Waals surface area contributed by atoms with Crippen molar-refractivity contribution in [2.75, 3.05) is 19.8 Å². The number of amides is 1. The molecule has 0 aromatic carbocycles. The van der Waals surface area contributed by atoms with Crippen LogP contribution >= 0.6 is 15.6 Å². The second-order valence-electron chi connectivity index (χ2n) is 8.67. The number of ether oxygens (including phenoxy) is 2. The molecule has 11 atom stereocenters. The van der Waals surface area contributed by atoms with Crippen molar-refractivity contribution in [3.8, 4) is 0 Å². The summed E-state index contributed by atoms with van der Waals surface area (Å²) in [6.45, 7) is -2.85. The second kappa shape index (κ2) is 13.8. The van der Waals surface area contributed by atoms with Crippen LogP contribution in [0.3, 0.4) is 0 Å². The van der Waals surface area contributed by atoms with Crippen molar-refractivity contribution in [3.05, 3.63) is 43.5 Å².